The van der Waals surface area contributed by atoms with E-state index in [1.165, 1.54) is 5.56 Å². The number of morpholine rings is 1. The zero-order valence-electron chi connectivity index (χ0n) is 11.1. The summed E-state index contributed by atoms with van der Waals surface area (Å²) in [7, 11) is 0. The summed E-state index contributed by atoms with van der Waals surface area (Å²) in [4.78, 5) is 6.66. The Morgan fingerprint density at radius 3 is 3.11 bits per heavy atom. The average molecular weight is 258 g/mol. The lowest BCUT2D eigenvalue weighted by molar-refractivity contribution is 0.0272. The Kier molecular flexibility index (Phi) is 3.46. The Balaban J connectivity index is 1.65. The number of aryl methyl sites for hydroxylation is 1. The Labute approximate surface area is 112 Å². The maximum atomic E-state index is 5.81. The van der Waals surface area contributed by atoms with Crippen LogP contribution in [0.3, 0.4) is 0 Å². The summed E-state index contributed by atoms with van der Waals surface area (Å²) in [5.74, 6) is 1.02. The summed E-state index contributed by atoms with van der Waals surface area (Å²) >= 11 is 0. The SMILES string of the molecule is Cc1cnn(CC2CN(c3ccccn3)CCO2)c1. The lowest BCUT2D eigenvalue weighted by Gasteiger charge is -2.33. The van der Waals surface area contributed by atoms with E-state index in [9.17, 15) is 0 Å². The minimum Gasteiger partial charge on any atom is -0.373 e. The topological polar surface area (TPSA) is 43.2 Å². The fraction of sp³-hybridized carbons (Fsp3) is 0.429. The van der Waals surface area contributed by atoms with Gasteiger partial charge in [-0.2, -0.15) is 5.10 Å². The predicted molar refractivity (Wildman–Crippen MR) is 73.2 cm³/mol. The van der Waals surface area contributed by atoms with Gasteiger partial charge in [-0.1, -0.05) is 6.07 Å². The average Bonchev–Trinajstić information content (AvgIpc) is 2.85. The first-order valence-electron chi connectivity index (χ1n) is 6.58. The number of ether oxygens (including phenoxy) is 1. The van der Waals surface area contributed by atoms with Crippen molar-refractivity contribution in [3.8, 4) is 0 Å². The van der Waals surface area contributed by atoms with Gasteiger partial charge in [-0.05, 0) is 24.6 Å². The summed E-state index contributed by atoms with van der Waals surface area (Å²) in [6.45, 7) is 5.33. The van der Waals surface area contributed by atoms with Gasteiger partial charge in [-0.3, -0.25) is 4.68 Å². The van der Waals surface area contributed by atoms with Crippen LogP contribution < -0.4 is 4.90 Å². The molecule has 0 amide bonds. The van der Waals surface area contributed by atoms with E-state index in [0.29, 0.717) is 0 Å². The first-order chi connectivity index (χ1) is 9.31. The number of pyridine rings is 1. The van der Waals surface area contributed by atoms with E-state index in [-0.39, 0.29) is 6.10 Å². The van der Waals surface area contributed by atoms with Crippen LogP contribution >= 0.6 is 0 Å². The molecule has 5 heteroatoms. The number of nitrogens with zero attached hydrogens (tertiary/aromatic N) is 4. The second-order valence-corrected chi connectivity index (χ2v) is 4.87. The van der Waals surface area contributed by atoms with Crippen molar-refractivity contribution in [2.75, 3.05) is 24.6 Å². The van der Waals surface area contributed by atoms with Crippen LogP contribution in [0.5, 0.6) is 0 Å². The number of hydrogen-bond acceptors (Lipinski definition) is 4. The monoisotopic (exact) mass is 258 g/mol. The van der Waals surface area contributed by atoms with E-state index in [1.807, 2.05) is 48.4 Å². The zero-order chi connectivity index (χ0) is 13.1. The molecule has 1 atom stereocenters. The molecule has 3 rings (SSSR count). The van der Waals surface area contributed by atoms with Crippen molar-refractivity contribution in [2.45, 2.75) is 19.6 Å². The molecule has 1 aliphatic heterocycles. The molecule has 0 spiro atoms. The van der Waals surface area contributed by atoms with Gasteiger partial charge in [0.15, 0.2) is 0 Å². The summed E-state index contributed by atoms with van der Waals surface area (Å²) in [5, 5.41) is 4.31. The molecule has 0 bridgehead atoms. The van der Waals surface area contributed by atoms with Gasteiger partial charge >= 0.3 is 0 Å². The molecule has 0 saturated carbocycles. The molecule has 1 unspecified atom stereocenters. The molecule has 0 aliphatic carbocycles. The highest BCUT2D eigenvalue weighted by molar-refractivity contribution is 5.38. The molecule has 2 aromatic heterocycles. The molecule has 0 N–H and O–H groups in total. The third kappa shape index (κ3) is 2.93. The summed E-state index contributed by atoms with van der Waals surface area (Å²) in [5.41, 5.74) is 1.18. The second kappa shape index (κ2) is 5.40. The smallest absolute Gasteiger partial charge is 0.128 e. The van der Waals surface area contributed by atoms with Gasteiger partial charge in [-0.15, -0.1) is 0 Å². The molecule has 2 aromatic rings. The lowest BCUT2D eigenvalue weighted by Crippen LogP contribution is -2.44. The van der Waals surface area contributed by atoms with Gasteiger partial charge < -0.3 is 9.64 Å². The normalized spacial score (nSPS) is 19.6. The Morgan fingerprint density at radius 2 is 2.37 bits per heavy atom. The third-order valence-electron chi connectivity index (χ3n) is 3.27. The molecule has 3 heterocycles. The van der Waals surface area contributed by atoms with Crippen molar-refractivity contribution < 1.29 is 4.74 Å². The number of aromatic nitrogens is 3. The number of rotatable bonds is 3. The van der Waals surface area contributed by atoms with Crippen LogP contribution in [0.25, 0.3) is 0 Å². The first-order valence-corrected chi connectivity index (χ1v) is 6.58. The first kappa shape index (κ1) is 12.2. The summed E-state index contributed by atoms with van der Waals surface area (Å²) in [6.07, 6.45) is 5.91. The predicted octanol–water partition coefficient (Wildman–Crippen LogP) is 1.49. The van der Waals surface area contributed by atoms with Gasteiger partial charge in [0.05, 0.1) is 25.5 Å². The van der Waals surface area contributed by atoms with Crippen LogP contribution in [0, 0.1) is 6.92 Å². The third-order valence-corrected chi connectivity index (χ3v) is 3.27. The van der Waals surface area contributed by atoms with Crippen LogP contribution in [0.4, 0.5) is 5.82 Å². The van der Waals surface area contributed by atoms with Crippen LogP contribution in [-0.4, -0.2) is 40.6 Å². The highest BCUT2D eigenvalue weighted by Gasteiger charge is 2.21. The van der Waals surface area contributed by atoms with Crippen molar-refractivity contribution in [3.63, 3.8) is 0 Å². The van der Waals surface area contributed by atoms with Crippen molar-refractivity contribution in [2.24, 2.45) is 0 Å². The van der Waals surface area contributed by atoms with E-state index in [0.717, 1.165) is 32.1 Å². The maximum absolute atomic E-state index is 5.81. The Bertz CT molecular complexity index is 525. The van der Waals surface area contributed by atoms with E-state index in [4.69, 9.17) is 4.74 Å². The molecule has 5 nitrogen and oxygen atoms in total. The minimum absolute atomic E-state index is 0.162. The van der Waals surface area contributed by atoms with Gasteiger partial charge in [0.1, 0.15) is 5.82 Å². The molecule has 1 aliphatic rings. The van der Waals surface area contributed by atoms with E-state index < -0.39 is 0 Å². The minimum atomic E-state index is 0.162. The fourth-order valence-electron chi connectivity index (χ4n) is 2.35. The summed E-state index contributed by atoms with van der Waals surface area (Å²) < 4.78 is 7.76. The van der Waals surface area contributed by atoms with E-state index in [1.54, 1.807) is 0 Å². The molecule has 19 heavy (non-hydrogen) atoms. The van der Waals surface area contributed by atoms with Gasteiger partial charge in [0.25, 0.3) is 0 Å². The molecule has 100 valence electrons. The maximum Gasteiger partial charge on any atom is 0.128 e. The van der Waals surface area contributed by atoms with Crippen molar-refractivity contribution in [1.82, 2.24) is 14.8 Å². The fourth-order valence-corrected chi connectivity index (χ4v) is 2.35. The highest BCUT2D eigenvalue weighted by Crippen LogP contribution is 2.15. The highest BCUT2D eigenvalue weighted by atomic mass is 16.5. The summed E-state index contributed by atoms with van der Waals surface area (Å²) in [6, 6.07) is 6.00. The van der Waals surface area contributed by atoms with Crippen LogP contribution in [0.15, 0.2) is 36.8 Å². The lowest BCUT2D eigenvalue weighted by atomic mass is 10.2. The van der Waals surface area contributed by atoms with Crippen LogP contribution in [0.2, 0.25) is 0 Å². The molecular weight excluding hydrogens is 240 g/mol. The van der Waals surface area contributed by atoms with Gasteiger partial charge in [0.2, 0.25) is 0 Å². The van der Waals surface area contributed by atoms with E-state index in [2.05, 4.69) is 15.0 Å². The van der Waals surface area contributed by atoms with Crippen molar-refractivity contribution >= 4 is 5.82 Å². The largest absolute Gasteiger partial charge is 0.373 e. The van der Waals surface area contributed by atoms with E-state index >= 15 is 0 Å². The van der Waals surface area contributed by atoms with Crippen molar-refractivity contribution in [1.29, 1.82) is 0 Å². The quantitative estimate of drug-likeness (QED) is 0.836. The van der Waals surface area contributed by atoms with Gasteiger partial charge in [0, 0.05) is 25.5 Å². The zero-order valence-corrected chi connectivity index (χ0v) is 11.1. The molecule has 1 fully saturated rings. The molecule has 1 saturated heterocycles. The van der Waals surface area contributed by atoms with Crippen molar-refractivity contribution in [3.05, 3.63) is 42.4 Å². The Morgan fingerprint density at radius 1 is 1.42 bits per heavy atom. The van der Waals surface area contributed by atoms with Crippen LogP contribution in [-0.2, 0) is 11.3 Å². The molecule has 0 radical (unpaired) electrons. The van der Waals surface area contributed by atoms with Crippen LogP contribution in [0.1, 0.15) is 5.56 Å². The standard InChI is InChI=1S/C14H18N4O/c1-12-8-16-18(9-12)11-13-10-17(6-7-19-13)14-4-2-3-5-15-14/h2-5,8-9,13H,6-7,10-11H2,1H3. The number of anilines is 1. The second-order valence-electron chi connectivity index (χ2n) is 4.87. The van der Waals surface area contributed by atoms with Gasteiger partial charge in [-0.25, -0.2) is 4.98 Å². The Hall–Kier alpha value is -1.88. The molecular formula is C14H18N4O. The number of hydrogen-bond donors (Lipinski definition) is 0. The molecule has 0 aromatic carbocycles.